The van der Waals surface area contributed by atoms with Crippen LogP contribution >= 0.6 is 0 Å². The predicted molar refractivity (Wildman–Crippen MR) is 82.4 cm³/mol. The van der Waals surface area contributed by atoms with Gasteiger partial charge in [-0.2, -0.15) is 0 Å². The second kappa shape index (κ2) is 6.62. The van der Waals surface area contributed by atoms with E-state index in [-0.39, 0.29) is 11.7 Å². The van der Waals surface area contributed by atoms with E-state index in [9.17, 15) is 13.2 Å². The van der Waals surface area contributed by atoms with E-state index in [1.807, 2.05) is 0 Å². The van der Waals surface area contributed by atoms with Crippen LogP contribution in [0.3, 0.4) is 0 Å². The minimum Gasteiger partial charge on any atom is -0.342 e. The Bertz CT molecular complexity index is 458. The van der Waals surface area contributed by atoms with Gasteiger partial charge in [0.25, 0.3) is 0 Å². The minimum absolute atomic E-state index is 0.247. The summed E-state index contributed by atoms with van der Waals surface area (Å²) in [6.45, 7) is 7.90. The highest BCUT2D eigenvalue weighted by Gasteiger charge is 2.38. The van der Waals surface area contributed by atoms with Gasteiger partial charge in [-0.1, -0.05) is 13.8 Å². The summed E-state index contributed by atoms with van der Waals surface area (Å²) >= 11 is 0. The molecule has 0 atom stereocenters. The molecule has 0 bridgehead atoms. The quantitative estimate of drug-likeness (QED) is 0.790. The number of sulfonamides is 1. The third-order valence-electron chi connectivity index (χ3n) is 4.91. The maximum absolute atomic E-state index is 12.3. The average molecular weight is 317 g/mol. The number of rotatable bonds is 5. The highest BCUT2D eigenvalue weighted by Crippen LogP contribution is 2.36. The molecule has 2 rings (SSSR count). The third-order valence-corrected chi connectivity index (χ3v) is 6.83. The zero-order valence-corrected chi connectivity index (χ0v) is 13.9. The minimum atomic E-state index is -3.47. The van der Waals surface area contributed by atoms with Gasteiger partial charge in [-0.15, -0.1) is 0 Å². The van der Waals surface area contributed by atoms with Crippen LogP contribution in [0, 0.1) is 5.41 Å². The van der Waals surface area contributed by atoms with Gasteiger partial charge in [-0.25, -0.2) is 12.7 Å². The Hall–Kier alpha value is -0.660. The number of nitrogens with one attached hydrogen (secondary N) is 1. The molecule has 2 aliphatic rings. The highest BCUT2D eigenvalue weighted by molar-refractivity contribution is 7.89. The number of carbonyl (C=O) groups excluding carboxylic acids is 1. The van der Waals surface area contributed by atoms with E-state index in [0.29, 0.717) is 31.6 Å². The molecule has 2 saturated heterocycles. The fourth-order valence-electron chi connectivity index (χ4n) is 3.41. The van der Waals surface area contributed by atoms with Gasteiger partial charge in [0.1, 0.15) is 5.75 Å². The van der Waals surface area contributed by atoms with E-state index in [0.717, 1.165) is 25.9 Å². The normalized spacial score (nSPS) is 22.1. The molecule has 1 amide bonds. The lowest BCUT2D eigenvalue weighted by molar-refractivity contribution is -0.130. The Balaban J connectivity index is 1.90. The van der Waals surface area contributed by atoms with E-state index in [1.54, 1.807) is 18.7 Å². The molecule has 2 fully saturated rings. The smallest absolute Gasteiger partial charge is 0.239 e. The van der Waals surface area contributed by atoms with Crippen LogP contribution < -0.4 is 5.32 Å². The first-order valence-corrected chi connectivity index (χ1v) is 9.50. The first-order valence-electron chi connectivity index (χ1n) is 7.89. The van der Waals surface area contributed by atoms with Gasteiger partial charge in [-0.05, 0) is 31.2 Å². The largest absolute Gasteiger partial charge is 0.342 e. The van der Waals surface area contributed by atoms with Crippen molar-refractivity contribution in [2.75, 3.05) is 45.0 Å². The molecular formula is C14H27N3O3S. The maximum Gasteiger partial charge on any atom is 0.239 e. The summed E-state index contributed by atoms with van der Waals surface area (Å²) < 4.78 is 25.7. The molecule has 0 radical (unpaired) electrons. The molecule has 0 aromatic carbocycles. The van der Waals surface area contributed by atoms with Crippen LogP contribution in [0.4, 0.5) is 0 Å². The molecular weight excluding hydrogens is 290 g/mol. The van der Waals surface area contributed by atoms with E-state index < -0.39 is 10.0 Å². The van der Waals surface area contributed by atoms with Gasteiger partial charge < -0.3 is 10.2 Å². The molecule has 122 valence electrons. The van der Waals surface area contributed by atoms with Crippen molar-refractivity contribution >= 4 is 15.9 Å². The van der Waals surface area contributed by atoms with Crippen LogP contribution in [0.2, 0.25) is 0 Å². The number of likely N-dealkylation sites (tertiary alicyclic amines) is 1. The summed E-state index contributed by atoms with van der Waals surface area (Å²) in [6.07, 6.45) is 3.14. The Morgan fingerprint density at radius 1 is 1.19 bits per heavy atom. The summed E-state index contributed by atoms with van der Waals surface area (Å²) in [4.78, 5) is 14.0. The number of piperidine rings is 1. The van der Waals surface area contributed by atoms with Crippen molar-refractivity contribution in [1.82, 2.24) is 14.5 Å². The van der Waals surface area contributed by atoms with Crippen LogP contribution in [-0.2, 0) is 14.8 Å². The van der Waals surface area contributed by atoms with Crippen molar-refractivity contribution < 1.29 is 13.2 Å². The average Bonchev–Trinajstić information content (AvgIpc) is 2.88. The maximum atomic E-state index is 12.3. The first-order chi connectivity index (χ1) is 9.92. The number of hydrogen-bond acceptors (Lipinski definition) is 4. The van der Waals surface area contributed by atoms with E-state index in [4.69, 9.17) is 0 Å². The van der Waals surface area contributed by atoms with Crippen LogP contribution in [0.15, 0.2) is 0 Å². The standard InChI is InChI=1S/C14H27N3O3S/c1-3-17(4-2)21(19,20)11-13(18)16-9-6-14(7-10-16)5-8-15-12-14/h15H,3-12H2,1-2H3. The summed E-state index contributed by atoms with van der Waals surface area (Å²) in [6, 6.07) is 0. The molecule has 0 saturated carbocycles. The van der Waals surface area contributed by atoms with Crippen molar-refractivity contribution in [2.45, 2.75) is 33.1 Å². The van der Waals surface area contributed by atoms with E-state index >= 15 is 0 Å². The van der Waals surface area contributed by atoms with Crippen molar-refractivity contribution in [3.05, 3.63) is 0 Å². The molecule has 0 aromatic rings. The van der Waals surface area contributed by atoms with Crippen molar-refractivity contribution in [1.29, 1.82) is 0 Å². The van der Waals surface area contributed by atoms with Gasteiger partial charge >= 0.3 is 0 Å². The van der Waals surface area contributed by atoms with Crippen molar-refractivity contribution in [3.8, 4) is 0 Å². The topological polar surface area (TPSA) is 69.7 Å². The van der Waals surface area contributed by atoms with Gasteiger partial charge in [-0.3, -0.25) is 4.79 Å². The molecule has 1 spiro atoms. The zero-order valence-electron chi connectivity index (χ0n) is 13.1. The number of carbonyl (C=O) groups is 1. The molecule has 2 heterocycles. The van der Waals surface area contributed by atoms with Crippen molar-refractivity contribution in [2.24, 2.45) is 5.41 Å². The Morgan fingerprint density at radius 3 is 2.29 bits per heavy atom. The SMILES string of the molecule is CCN(CC)S(=O)(=O)CC(=O)N1CCC2(CCNC2)CC1. The second-order valence-electron chi connectivity index (χ2n) is 6.15. The van der Waals surface area contributed by atoms with Gasteiger partial charge in [0.05, 0.1) is 0 Å². The molecule has 6 nitrogen and oxygen atoms in total. The fraction of sp³-hybridized carbons (Fsp3) is 0.929. The van der Waals surface area contributed by atoms with Crippen molar-refractivity contribution in [3.63, 3.8) is 0 Å². The molecule has 0 aliphatic carbocycles. The first kappa shape index (κ1) is 16.7. The number of nitrogens with zero attached hydrogens (tertiary/aromatic N) is 2. The lowest BCUT2D eigenvalue weighted by atomic mass is 9.78. The lowest BCUT2D eigenvalue weighted by Gasteiger charge is -2.39. The molecule has 0 unspecified atom stereocenters. The van der Waals surface area contributed by atoms with Crippen LogP contribution in [0.1, 0.15) is 33.1 Å². The molecule has 1 N–H and O–H groups in total. The van der Waals surface area contributed by atoms with Gasteiger partial charge in [0.2, 0.25) is 15.9 Å². The molecule has 21 heavy (non-hydrogen) atoms. The zero-order chi connectivity index (χ0) is 15.5. The van der Waals surface area contributed by atoms with Gasteiger partial charge in [0.15, 0.2) is 0 Å². The molecule has 0 aromatic heterocycles. The Kier molecular flexibility index (Phi) is 5.27. The highest BCUT2D eigenvalue weighted by atomic mass is 32.2. The summed E-state index contributed by atoms with van der Waals surface area (Å²) in [5.74, 6) is -0.636. The lowest BCUT2D eigenvalue weighted by Crippen LogP contribution is -2.47. The summed E-state index contributed by atoms with van der Waals surface area (Å²) in [5.41, 5.74) is 0.342. The predicted octanol–water partition coefficient (Wildman–Crippen LogP) is 0.260. The Morgan fingerprint density at radius 2 is 1.81 bits per heavy atom. The Labute approximate surface area is 127 Å². The van der Waals surface area contributed by atoms with Crippen LogP contribution in [0.25, 0.3) is 0 Å². The number of hydrogen-bond donors (Lipinski definition) is 1. The van der Waals surface area contributed by atoms with E-state index in [1.165, 1.54) is 10.7 Å². The van der Waals surface area contributed by atoms with Crippen LogP contribution in [-0.4, -0.2) is 68.6 Å². The van der Waals surface area contributed by atoms with E-state index in [2.05, 4.69) is 5.32 Å². The van der Waals surface area contributed by atoms with Gasteiger partial charge in [0, 0.05) is 32.7 Å². The number of amides is 1. The monoisotopic (exact) mass is 317 g/mol. The van der Waals surface area contributed by atoms with Crippen LogP contribution in [0.5, 0.6) is 0 Å². The third kappa shape index (κ3) is 3.76. The fourth-order valence-corrected chi connectivity index (χ4v) is 4.87. The summed E-state index contributed by atoms with van der Waals surface area (Å²) in [5, 5.41) is 3.39. The molecule has 2 aliphatic heterocycles. The summed E-state index contributed by atoms with van der Waals surface area (Å²) in [7, 11) is -3.47. The molecule has 7 heteroatoms. The second-order valence-corrected chi connectivity index (χ2v) is 8.12.